The molecule has 33 heavy (non-hydrogen) atoms. The van der Waals surface area contributed by atoms with E-state index in [4.69, 9.17) is 33.7 Å². The minimum absolute atomic E-state index is 0.118. The maximum Gasteiger partial charge on any atom is 0.224 e. The van der Waals surface area contributed by atoms with Gasteiger partial charge in [0, 0.05) is 63.8 Å². The summed E-state index contributed by atoms with van der Waals surface area (Å²) in [5.41, 5.74) is 2.15. The molecule has 1 aliphatic carbocycles. The normalized spacial score (nSPS) is 22.7. The fourth-order valence-corrected chi connectivity index (χ4v) is 5.31. The fourth-order valence-electron chi connectivity index (χ4n) is 5.31. The Morgan fingerprint density at radius 1 is 1.03 bits per heavy atom. The van der Waals surface area contributed by atoms with Gasteiger partial charge in [0.1, 0.15) is 11.9 Å². The van der Waals surface area contributed by atoms with Crippen LogP contribution in [-0.4, -0.2) is 67.0 Å². The predicted octanol–water partition coefficient (Wildman–Crippen LogP) is 3.81. The average Bonchev–Trinajstić information content (AvgIpc) is 3.29. The molecule has 0 bridgehead atoms. The zero-order valence-corrected chi connectivity index (χ0v) is 19.8. The molecule has 5 rings (SSSR count). The zero-order chi connectivity index (χ0) is 22.7. The van der Waals surface area contributed by atoms with E-state index in [1.165, 1.54) is 5.56 Å². The summed E-state index contributed by atoms with van der Waals surface area (Å²) in [4.78, 5) is 14.5. The van der Waals surface area contributed by atoms with Gasteiger partial charge < -0.3 is 23.7 Å². The standard InChI is InChI=1S/C25H35N3O5/c1-17(16-29-2)13-22-26-15-21-23(28-22)20(14-27-24(21)33-19-5-9-30-10-6-19)18-3-7-25(8-4-18)31-11-12-32-25/h14-15,17-19H,3-13,16H2,1-2H3/t17-/m1/s1. The second kappa shape index (κ2) is 10.2. The van der Waals surface area contributed by atoms with Gasteiger partial charge in [-0.15, -0.1) is 0 Å². The van der Waals surface area contributed by atoms with Crippen molar-refractivity contribution in [1.29, 1.82) is 0 Å². The number of fused-ring (bicyclic) bond motifs is 1. The Morgan fingerprint density at radius 2 is 1.79 bits per heavy atom. The van der Waals surface area contributed by atoms with Crippen LogP contribution in [0, 0.1) is 5.92 Å². The van der Waals surface area contributed by atoms with E-state index in [2.05, 4.69) is 11.9 Å². The van der Waals surface area contributed by atoms with Crippen LogP contribution in [0.3, 0.4) is 0 Å². The van der Waals surface area contributed by atoms with E-state index < -0.39 is 0 Å². The highest BCUT2D eigenvalue weighted by atomic mass is 16.7. The molecule has 2 saturated heterocycles. The largest absolute Gasteiger partial charge is 0.474 e. The highest BCUT2D eigenvalue weighted by molar-refractivity contribution is 5.85. The van der Waals surface area contributed by atoms with Crippen molar-refractivity contribution in [3.63, 3.8) is 0 Å². The summed E-state index contributed by atoms with van der Waals surface area (Å²) in [6.07, 6.45) is 10.3. The average molecular weight is 458 g/mol. The molecule has 180 valence electrons. The lowest BCUT2D eigenvalue weighted by Crippen LogP contribution is -2.34. The first-order chi connectivity index (χ1) is 16.2. The minimum Gasteiger partial charge on any atom is -0.474 e. The lowest BCUT2D eigenvalue weighted by molar-refractivity contribution is -0.178. The Kier molecular flexibility index (Phi) is 7.06. The number of pyridine rings is 1. The van der Waals surface area contributed by atoms with Gasteiger partial charge in [-0.2, -0.15) is 0 Å². The van der Waals surface area contributed by atoms with E-state index in [1.54, 1.807) is 7.11 Å². The Labute approximate surface area is 195 Å². The third-order valence-electron chi connectivity index (χ3n) is 7.09. The number of ether oxygens (including phenoxy) is 5. The van der Waals surface area contributed by atoms with Crippen molar-refractivity contribution in [3.8, 4) is 5.88 Å². The van der Waals surface area contributed by atoms with Crippen LogP contribution in [0.4, 0.5) is 0 Å². The molecule has 0 amide bonds. The van der Waals surface area contributed by atoms with Gasteiger partial charge in [0.15, 0.2) is 5.79 Å². The molecular weight excluding hydrogens is 422 g/mol. The molecular formula is C25H35N3O5. The van der Waals surface area contributed by atoms with Crippen molar-refractivity contribution in [1.82, 2.24) is 15.0 Å². The summed E-state index contributed by atoms with van der Waals surface area (Å²) in [5.74, 6) is 1.82. The van der Waals surface area contributed by atoms with Crippen molar-refractivity contribution in [3.05, 3.63) is 23.8 Å². The molecule has 2 aliphatic heterocycles. The number of aromatic nitrogens is 3. The molecule has 1 saturated carbocycles. The highest BCUT2D eigenvalue weighted by Gasteiger charge is 2.41. The fraction of sp³-hybridized carbons (Fsp3) is 0.720. The molecule has 8 heteroatoms. The number of rotatable bonds is 7. The second-order valence-electron chi connectivity index (χ2n) is 9.64. The van der Waals surface area contributed by atoms with E-state index in [9.17, 15) is 0 Å². The van der Waals surface area contributed by atoms with Crippen molar-refractivity contribution < 1.29 is 23.7 Å². The maximum absolute atomic E-state index is 6.32. The molecule has 3 aliphatic rings. The van der Waals surface area contributed by atoms with E-state index >= 15 is 0 Å². The molecule has 2 aromatic rings. The van der Waals surface area contributed by atoms with E-state index in [0.717, 1.165) is 74.9 Å². The first-order valence-electron chi connectivity index (χ1n) is 12.3. The third-order valence-corrected chi connectivity index (χ3v) is 7.09. The Balaban J connectivity index is 1.44. The van der Waals surface area contributed by atoms with Crippen molar-refractivity contribution in [2.24, 2.45) is 5.92 Å². The van der Waals surface area contributed by atoms with Crippen LogP contribution in [-0.2, 0) is 25.4 Å². The van der Waals surface area contributed by atoms with Crippen LogP contribution in [0.2, 0.25) is 0 Å². The summed E-state index contributed by atoms with van der Waals surface area (Å²) >= 11 is 0. The van der Waals surface area contributed by atoms with Crippen LogP contribution < -0.4 is 4.74 Å². The van der Waals surface area contributed by atoms with Crippen molar-refractivity contribution in [2.45, 2.75) is 69.7 Å². The summed E-state index contributed by atoms with van der Waals surface area (Å²) in [5, 5.41) is 0.899. The summed E-state index contributed by atoms with van der Waals surface area (Å²) in [7, 11) is 1.73. The first-order valence-corrected chi connectivity index (χ1v) is 12.3. The predicted molar refractivity (Wildman–Crippen MR) is 122 cm³/mol. The SMILES string of the molecule is COC[C@H](C)Cc1ncc2c(OC3CCOCC3)ncc(C3CCC4(CC3)OCCO4)c2n1. The highest BCUT2D eigenvalue weighted by Crippen LogP contribution is 2.44. The number of methoxy groups -OCH3 is 1. The van der Waals surface area contributed by atoms with E-state index in [1.807, 2.05) is 12.4 Å². The summed E-state index contributed by atoms with van der Waals surface area (Å²) in [6.45, 7) is 5.70. The third kappa shape index (κ3) is 5.14. The number of nitrogens with zero attached hydrogens (tertiary/aromatic N) is 3. The smallest absolute Gasteiger partial charge is 0.224 e. The summed E-state index contributed by atoms with van der Waals surface area (Å²) < 4.78 is 29.0. The van der Waals surface area contributed by atoms with Crippen molar-refractivity contribution in [2.75, 3.05) is 40.1 Å². The molecule has 3 fully saturated rings. The monoisotopic (exact) mass is 457 g/mol. The molecule has 1 spiro atoms. The molecule has 0 unspecified atom stereocenters. The van der Waals surface area contributed by atoms with Crippen LogP contribution in [0.15, 0.2) is 12.4 Å². The molecule has 0 aromatic carbocycles. The number of hydrogen-bond acceptors (Lipinski definition) is 8. The topological polar surface area (TPSA) is 84.8 Å². The second-order valence-corrected chi connectivity index (χ2v) is 9.64. The Bertz CT molecular complexity index is 933. The molecule has 8 nitrogen and oxygen atoms in total. The van der Waals surface area contributed by atoms with Gasteiger partial charge in [-0.3, -0.25) is 0 Å². The quantitative estimate of drug-likeness (QED) is 0.621. The molecule has 0 radical (unpaired) electrons. The van der Waals surface area contributed by atoms with Crippen LogP contribution >= 0.6 is 0 Å². The van der Waals surface area contributed by atoms with Gasteiger partial charge in [0.05, 0.1) is 37.3 Å². The Hall–Kier alpha value is -1.87. The molecule has 0 N–H and O–H groups in total. The lowest BCUT2D eigenvalue weighted by atomic mass is 9.81. The van der Waals surface area contributed by atoms with Gasteiger partial charge >= 0.3 is 0 Å². The Morgan fingerprint density at radius 3 is 2.52 bits per heavy atom. The van der Waals surface area contributed by atoms with Gasteiger partial charge in [-0.25, -0.2) is 15.0 Å². The van der Waals surface area contributed by atoms with Crippen LogP contribution in [0.5, 0.6) is 5.88 Å². The first kappa shape index (κ1) is 22.9. The molecule has 1 atom stereocenters. The van der Waals surface area contributed by atoms with Gasteiger partial charge in [-0.1, -0.05) is 6.92 Å². The van der Waals surface area contributed by atoms with E-state index in [-0.39, 0.29) is 11.9 Å². The van der Waals surface area contributed by atoms with Crippen LogP contribution in [0.25, 0.3) is 10.9 Å². The lowest BCUT2D eigenvalue weighted by Gasteiger charge is -2.35. The zero-order valence-electron chi connectivity index (χ0n) is 19.8. The van der Waals surface area contributed by atoms with E-state index in [0.29, 0.717) is 37.5 Å². The molecule has 2 aromatic heterocycles. The van der Waals surface area contributed by atoms with Gasteiger partial charge in [0.25, 0.3) is 0 Å². The van der Waals surface area contributed by atoms with Crippen LogP contribution in [0.1, 0.15) is 62.8 Å². The van der Waals surface area contributed by atoms with Crippen molar-refractivity contribution >= 4 is 10.9 Å². The minimum atomic E-state index is -0.373. The van der Waals surface area contributed by atoms with Gasteiger partial charge in [0.2, 0.25) is 5.88 Å². The van der Waals surface area contributed by atoms with Gasteiger partial charge in [-0.05, 0) is 24.7 Å². The summed E-state index contributed by atoms with van der Waals surface area (Å²) in [6, 6.07) is 0. The molecule has 4 heterocycles. The number of hydrogen-bond donors (Lipinski definition) is 0. The maximum atomic E-state index is 6.32.